The van der Waals surface area contributed by atoms with Gasteiger partial charge in [-0.1, -0.05) is 72.8 Å². The summed E-state index contributed by atoms with van der Waals surface area (Å²) in [7, 11) is 0. The second-order valence-electron chi connectivity index (χ2n) is 7.41. The third-order valence-corrected chi connectivity index (χ3v) is 5.22. The van der Waals surface area contributed by atoms with Crippen LogP contribution in [-0.4, -0.2) is 25.5 Å². The maximum atomic E-state index is 12.4. The van der Waals surface area contributed by atoms with E-state index in [4.69, 9.17) is 4.74 Å². The van der Waals surface area contributed by atoms with Gasteiger partial charge in [-0.2, -0.15) is 0 Å². The summed E-state index contributed by atoms with van der Waals surface area (Å²) in [4.78, 5) is 12.4. The molecule has 3 rings (SSSR count). The summed E-state index contributed by atoms with van der Waals surface area (Å²) < 4.78 is 6.22. The number of nitrogens with two attached hydrogens (primary N) is 1. The van der Waals surface area contributed by atoms with Gasteiger partial charge in [-0.15, -0.1) is 0 Å². The quantitative estimate of drug-likeness (QED) is 0.394. The van der Waals surface area contributed by atoms with E-state index in [1.54, 1.807) is 0 Å². The largest absolute Gasteiger partial charge is 1.00 e. The van der Waals surface area contributed by atoms with Crippen molar-refractivity contribution in [2.75, 3.05) is 19.7 Å². The molecule has 30 heavy (non-hydrogen) atoms. The van der Waals surface area contributed by atoms with Crippen LogP contribution in [0.4, 0.5) is 0 Å². The van der Waals surface area contributed by atoms with Crippen LogP contribution >= 0.6 is 0 Å². The van der Waals surface area contributed by atoms with Gasteiger partial charge < -0.3 is 22.5 Å². The average molecular weight is 424 g/mol. The molecule has 0 fully saturated rings. The number of halogens is 1. The molecule has 0 unspecified atom stereocenters. The number of ether oxygens (including phenoxy) is 1. The fourth-order valence-corrected chi connectivity index (χ4v) is 3.35. The zero-order valence-electron chi connectivity index (χ0n) is 17.7. The summed E-state index contributed by atoms with van der Waals surface area (Å²) >= 11 is 0. The smallest absolute Gasteiger partial charge is 0.168 e. The summed E-state index contributed by atoms with van der Waals surface area (Å²) in [5.41, 5.74) is 5.51. The van der Waals surface area contributed by atoms with Gasteiger partial charge in [0.1, 0.15) is 6.10 Å². The number of ketones is 1. The fourth-order valence-electron chi connectivity index (χ4n) is 3.35. The van der Waals surface area contributed by atoms with Crippen LogP contribution in [0.5, 0.6) is 0 Å². The molecule has 0 aliphatic carbocycles. The molecular formula is C26H30ClNO2. The second-order valence-corrected chi connectivity index (χ2v) is 7.41. The van der Waals surface area contributed by atoms with Gasteiger partial charge >= 0.3 is 0 Å². The van der Waals surface area contributed by atoms with Gasteiger partial charge in [-0.05, 0) is 42.2 Å². The number of quaternary nitrogens is 1. The molecular weight excluding hydrogens is 394 g/mol. The van der Waals surface area contributed by atoms with Crippen LogP contribution in [-0.2, 0) is 4.74 Å². The monoisotopic (exact) mass is 423 g/mol. The molecule has 4 heteroatoms. The highest BCUT2D eigenvalue weighted by Gasteiger charge is 2.14. The normalized spacial score (nSPS) is 10.6. The van der Waals surface area contributed by atoms with E-state index in [2.05, 4.69) is 36.5 Å². The first-order valence-electron chi connectivity index (χ1n) is 10.3. The minimum absolute atomic E-state index is 0. The van der Waals surface area contributed by atoms with Gasteiger partial charge in [0.15, 0.2) is 5.78 Å². The number of hydrogen-bond acceptors (Lipinski definition) is 2. The van der Waals surface area contributed by atoms with E-state index in [1.165, 1.54) is 11.1 Å². The maximum Gasteiger partial charge on any atom is 0.168 e. The topological polar surface area (TPSA) is 42.9 Å². The van der Waals surface area contributed by atoms with E-state index in [0.717, 1.165) is 29.8 Å². The summed E-state index contributed by atoms with van der Waals surface area (Å²) in [5, 5.41) is 2.16. The van der Waals surface area contributed by atoms with Crippen molar-refractivity contribution >= 4 is 5.78 Å². The molecule has 0 radical (unpaired) electrons. The van der Waals surface area contributed by atoms with E-state index < -0.39 is 0 Å². The Labute approximate surface area is 185 Å². The molecule has 0 spiro atoms. The summed E-state index contributed by atoms with van der Waals surface area (Å²) in [6, 6.07) is 26.5. The predicted molar refractivity (Wildman–Crippen MR) is 117 cm³/mol. The fraction of sp³-hybridized carbons (Fsp3) is 0.269. The van der Waals surface area contributed by atoms with E-state index in [1.807, 2.05) is 61.5 Å². The molecule has 0 saturated heterocycles. The second kappa shape index (κ2) is 12.3. The number of hydrogen-bond donors (Lipinski definition) is 1. The molecule has 0 heterocycles. The van der Waals surface area contributed by atoms with Crippen LogP contribution in [0.1, 0.15) is 45.1 Å². The van der Waals surface area contributed by atoms with Crippen molar-refractivity contribution in [3.05, 3.63) is 107 Å². The molecule has 3 nitrogen and oxygen atoms in total. The minimum Gasteiger partial charge on any atom is -1.00 e. The van der Waals surface area contributed by atoms with Crippen molar-refractivity contribution in [1.82, 2.24) is 0 Å². The number of aryl methyl sites for hydroxylation is 2. The molecule has 0 amide bonds. The molecule has 0 aromatic heterocycles. The molecule has 0 saturated carbocycles. The van der Waals surface area contributed by atoms with Crippen molar-refractivity contribution in [2.24, 2.45) is 0 Å². The lowest BCUT2D eigenvalue weighted by atomic mass is 10.0. The highest BCUT2D eigenvalue weighted by Crippen LogP contribution is 2.25. The lowest BCUT2D eigenvalue weighted by Crippen LogP contribution is -3.00. The van der Waals surface area contributed by atoms with Crippen LogP contribution < -0.4 is 17.7 Å². The van der Waals surface area contributed by atoms with Crippen LogP contribution in [0.25, 0.3) is 0 Å². The van der Waals surface area contributed by atoms with Gasteiger partial charge in [0.25, 0.3) is 0 Å². The zero-order valence-corrected chi connectivity index (χ0v) is 18.4. The van der Waals surface area contributed by atoms with Gasteiger partial charge in [0.2, 0.25) is 0 Å². The van der Waals surface area contributed by atoms with Crippen molar-refractivity contribution in [2.45, 2.75) is 26.4 Å². The Kier molecular flexibility index (Phi) is 9.75. The van der Waals surface area contributed by atoms with E-state index in [0.29, 0.717) is 13.0 Å². The van der Waals surface area contributed by atoms with Crippen LogP contribution in [0, 0.1) is 13.8 Å². The van der Waals surface area contributed by atoms with Gasteiger partial charge in [0.05, 0.1) is 26.1 Å². The van der Waals surface area contributed by atoms with Crippen molar-refractivity contribution < 1.29 is 27.3 Å². The molecule has 0 aliphatic heterocycles. The standard InChI is InChI=1S/C26H29NO2.ClH/c1-20-13-14-24(19-21(20)2)25(28)15-16-27-17-18-29-26(22-9-5-3-6-10-22)23-11-7-4-8-12-23;/h3-14,19,26-27H,15-18H2,1-2H3;1H. The first-order chi connectivity index (χ1) is 14.1. The Morgan fingerprint density at radius 2 is 1.43 bits per heavy atom. The first-order valence-corrected chi connectivity index (χ1v) is 10.3. The lowest BCUT2D eigenvalue weighted by molar-refractivity contribution is -0.655. The van der Waals surface area contributed by atoms with E-state index in [-0.39, 0.29) is 24.3 Å². The third-order valence-electron chi connectivity index (χ3n) is 5.22. The number of carbonyl (C=O) groups excluding carboxylic acids is 1. The Morgan fingerprint density at radius 3 is 2.00 bits per heavy atom. The average Bonchev–Trinajstić information content (AvgIpc) is 2.76. The van der Waals surface area contributed by atoms with Crippen LogP contribution in [0.3, 0.4) is 0 Å². The first kappa shape index (κ1) is 23.8. The number of benzene rings is 3. The van der Waals surface area contributed by atoms with Gasteiger partial charge in [-0.3, -0.25) is 4.79 Å². The minimum atomic E-state index is -0.0667. The lowest BCUT2D eigenvalue weighted by Gasteiger charge is -2.18. The van der Waals surface area contributed by atoms with Crippen molar-refractivity contribution in [1.29, 1.82) is 0 Å². The van der Waals surface area contributed by atoms with Crippen molar-refractivity contribution in [3.63, 3.8) is 0 Å². The molecule has 0 aliphatic rings. The Hall–Kier alpha value is -2.46. The summed E-state index contributed by atoms with van der Waals surface area (Å²) in [5.74, 6) is 0.205. The zero-order chi connectivity index (χ0) is 20.5. The highest BCUT2D eigenvalue weighted by molar-refractivity contribution is 5.96. The molecule has 158 valence electrons. The Bertz CT molecular complexity index is 873. The molecule has 2 N–H and O–H groups in total. The molecule has 0 bridgehead atoms. The van der Waals surface area contributed by atoms with E-state index in [9.17, 15) is 4.79 Å². The number of carbonyl (C=O) groups is 1. The SMILES string of the molecule is Cc1ccc(C(=O)CC[NH2+]CCOC(c2ccccc2)c2ccccc2)cc1C.[Cl-]. The van der Waals surface area contributed by atoms with E-state index >= 15 is 0 Å². The highest BCUT2D eigenvalue weighted by atomic mass is 35.5. The van der Waals surface area contributed by atoms with Gasteiger partial charge in [-0.25, -0.2) is 0 Å². The van der Waals surface area contributed by atoms with Crippen LogP contribution in [0.2, 0.25) is 0 Å². The Balaban J connectivity index is 0.00000320. The van der Waals surface area contributed by atoms with Crippen LogP contribution in [0.15, 0.2) is 78.9 Å². The molecule has 0 atom stereocenters. The summed E-state index contributed by atoms with van der Waals surface area (Å²) in [6.07, 6.45) is 0.478. The third kappa shape index (κ3) is 6.81. The van der Waals surface area contributed by atoms with Gasteiger partial charge in [0, 0.05) is 5.56 Å². The summed E-state index contributed by atoms with van der Waals surface area (Å²) in [6.45, 7) is 6.35. The van der Waals surface area contributed by atoms with Crippen molar-refractivity contribution in [3.8, 4) is 0 Å². The number of Topliss-reactive ketones (excluding diaryl/α,β-unsaturated/α-hetero) is 1. The Morgan fingerprint density at radius 1 is 0.833 bits per heavy atom. The predicted octanol–water partition coefficient (Wildman–Crippen LogP) is 1.25. The molecule has 3 aromatic carbocycles. The maximum absolute atomic E-state index is 12.4. The number of rotatable bonds is 10. The molecule has 3 aromatic rings.